The van der Waals surface area contributed by atoms with Crippen molar-refractivity contribution in [1.29, 1.82) is 0 Å². The zero-order valence-electron chi connectivity index (χ0n) is 7.61. The molecule has 74 valence electrons. The minimum atomic E-state index is -0.403. The van der Waals surface area contributed by atoms with E-state index in [1.807, 2.05) is 0 Å². The van der Waals surface area contributed by atoms with Crippen LogP contribution in [0.15, 0.2) is 24.3 Å². The van der Waals surface area contributed by atoms with Gasteiger partial charge in [-0.1, -0.05) is 0 Å². The third-order valence-corrected chi connectivity index (χ3v) is 2.39. The number of carbonyl (C=O) groups is 1. The highest BCUT2D eigenvalue weighted by Gasteiger charge is 2.29. The van der Waals surface area contributed by atoms with E-state index in [1.165, 1.54) is 12.1 Å². The van der Waals surface area contributed by atoms with Crippen molar-refractivity contribution in [1.82, 2.24) is 0 Å². The molecule has 0 bridgehead atoms. The highest BCUT2D eigenvalue weighted by molar-refractivity contribution is 5.99. The Labute approximate surface area is 81.3 Å². The summed E-state index contributed by atoms with van der Waals surface area (Å²) in [4.78, 5) is 13.1. The Kier molecular flexibility index (Phi) is 2.21. The monoisotopic (exact) mass is 194 g/mol. The highest BCUT2D eigenvalue weighted by atomic mass is 19.1. The number of nitrogens with two attached hydrogens (primary N) is 1. The first-order chi connectivity index (χ1) is 6.68. The van der Waals surface area contributed by atoms with E-state index >= 15 is 0 Å². The molecule has 1 saturated heterocycles. The smallest absolute Gasteiger partial charge is 0.243 e. The lowest BCUT2D eigenvalue weighted by Crippen LogP contribution is -2.33. The fourth-order valence-corrected chi connectivity index (χ4v) is 1.58. The molecule has 3 nitrogen and oxygen atoms in total. The molecule has 4 heteroatoms. The zero-order chi connectivity index (χ0) is 10.1. The van der Waals surface area contributed by atoms with Gasteiger partial charge < -0.3 is 10.6 Å². The highest BCUT2D eigenvalue weighted by Crippen LogP contribution is 2.20. The number of nitrogens with zero attached hydrogens (tertiary/aromatic N) is 1. The van der Waals surface area contributed by atoms with Crippen LogP contribution in [-0.4, -0.2) is 18.5 Å². The largest absolute Gasteiger partial charge is 0.320 e. The molecule has 1 amide bonds. The van der Waals surface area contributed by atoms with Gasteiger partial charge in [-0.2, -0.15) is 0 Å². The van der Waals surface area contributed by atoms with Gasteiger partial charge in [0.05, 0.1) is 6.04 Å². The molecule has 0 aromatic heterocycles. The molecule has 1 aromatic rings. The SMILES string of the molecule is N[C@@H]1CCN(c2ccc(F)cc2)C1=O. The predicted molar refractivity (Wildman–Crippen MR) is 51.3 cm³/mol. The lowest BCUT2D eigenvalue weighted by atomic mass is 10.3. The molecule has 0 radical (unpaired) electrons. The van der Waals surface area contributed by atoms with Gasteiger partial charge in [0, 0.05) is 12.2 Å². The quantitative estimate of drug-likeness (QED) is 0.721. The number of anilines is 1. The molecule has 0 saturated carbocycles. The molecule has 0 aliphatic carbocycles. The van der Waals surface area contributed by atoms with Gasteiger partial charge >= 0.3 is 0 Å². The van der Waals surface area contributed by atoms with Crippen LogP contribution in [0.2, 0.25) is 0 Å². The van der Waals surface area contributed by atoms with Crippen molar-refractivity contribution in [2.24, 2.45) is 5.73 Å². The van der Waals surface area contributed by atoms with Gasteiger partial charge in [-0.05, 0) is 30.7 Å². The molecule has 2 N–H and O–H groups in total. The molecule has 1 atom stereocenters. The van der Waals surface area contributed by atoms with Gasteiger partial charge in [0.25, 0.3) is 0 Å². The van der Waals surface area contributed by atoms with E-state index in [1.54, 1.807) is 17.0 Å². The van der Waals surface area contributed by atoms with Gasteiger partial charge in [0.2, 0.25) is 5.91 Å². The van der Waals surface area contributed by atoms with Crippen molar-refractivity contribution in [3.05, 3.63) is 30.1 Å². The Morgan fingerprint density at radius 2 is 2.00 bits per heavy atom. The summed E-state index contributed by atoms with van der Waals surface area (Å²) in [5, 5.41) is 0. The Morgan fingerprint density at radius 3 is 2.50 bits per heavy atom. The van der Waals surface area contributed by atoms with Gasteiger partial charge in [-0.25, -0.2) is 4.39 Å². The number of hydrogen-bond acceptors (Lipinski definition) is 2. The second-order valence-electron chi connectivity index (χ2n) is 3.36. The standard InChI is InChI=1S/C10H11FN2O/c11-7-1-3-8(4-2-7)13-6-5-9(12)10(13)14/h1-4,9H,5-6,12H2/t9-/m1/s1. The summed E-state index contributed by atoms with van der Waals surface area (Å²) in [6.45, 7) is 0.617. The minimum absolute atomic E-state index is 0.0865. The van der Waals surface area contributed by atoms with Gasteiger partial charge in [0.1, 0.15) is 5.82 Å². The van der Waals surface area contributed by atoms with Crippen LogP contribution < -0.4 is 10.6 Å². The maximum absolute atomic E-state index is 12.6. The van der Waals surface area contributed by atoms with Crippen LogP contribution >= 0.6 is 0 Å². The van der Waals surface area contributed by atoms with E-state index < -0.39 is 6.04 Å². The molecular formula is C10H11FN2O. The molecule has 0 spiro atoms. The van der Waals surface area contributed by atoms with Crippen molar-refractivity contribution in [2.75, 3.05) is 11.4 Å². The second-order valence-corrected chi connectivity index (χ2v) is 3.36. The van der Waals surface area contributed by atoms with Crippen LogP contribution in [0.4, 0.5) is 10.1 Å². The van der Waals surface area contributed by atoms with Gasteiger partial charge in [-0.3, -0.25) is 4.79 Å². The molecule has 0 unspecified atom stereocenters. The van der Waals surface area contributed by atoms with Crippen LogP contribution in [0, 0.1) is 5.82 Å². The number of amides is 1. The third-order valence-electron chi connectivity index (χ3n) is 2.39. The number of rotatable bonds is 1. The van der Waals surface area contributed by atoms with Crippen LogP contribution in [-0.2, 0) is 4.79 Å². The van der Waals surface area contributed by atoms with E-state index in [0.29, 0.717) is 18.7 Å². The summed E-state index contributed by atoms with van der Waals surface area (Å²) in [6.07, 6.45) is 0.663. The molecule has 14 heavy (non-hydrogen) atoms. The normalized spacial score (nSPS) is 21.7. The number of halogens is 1. The van der Waals surface area contributed by atoms with Crippen LogP contribution in [0.1, 0.15) is 6.42 Å². The lowest BCUT2D eigenvalue weighted by molar-refractivity contribution is -0.118. The molecule has 2 rings (SSSR count). The number of benzene rings is 1. The van der Waals surface area contributed by atoms with Crippen molar-refractivity contribution in [2.45, 2.75) is 12.5 Å². The summed E-state index contributed by atoms with van der Waals surface area (Å²) in [5.74, 6) is -0.388. The minimum Gasteiger partial charge on any atom is -0.320 e. The van der Waals surface area contributed by atoms with Crippen molar-refractivity contribution in [3.63, 3.8) is 0 Å². The van der Waals surface area contributed by atoms with E-state index in [-0.39, 0.29) is 11.7 Å². The fraction of sp³-hybridized carbons (Fsp3) is 0.300. The summed E-state index contributed by atoms with van der Waals surface area (Å²) in [5.41, 5.74) is 6.28. The van der Waals surface area contributed by atoms with E-state index in [0.717, 1.165) is 0 Å². The topological polar surface area (TPSA) is 46.3 Å². The molecule has 1 heterocycles. The van der Waals surface area contributed by atoms with E-state index in [2.05, 4.69) is 0 Å². The molecule has 1 fully saturated rings. The van der Waals surface area contributed by atoms with Crippen LogP contribution in [0.3, 0.4) is 0 Å². The lowest BCUT2D eigenvalue weighted by Gasteiger charge is -2.15. The first-order valence-corrected chi connectivity index (χ1v) is 4.51. The molecule has 1 aliphatic rings. The third kappa shape index (κ3) is 1.48. The molecule has 1 aliphatic heterocycles. The summed E-state index contributed by atoms with van der Waals surface area (Å²) < 4.78 is 12.6. The first kappa shape index (κ1) is 9.15. The van der Waals surface area contributed by atoms with Crippen LogP contribution in [0.5, 0.6) is 0 Å². The maximum atomic E-state index is 12.6. The van der Waals surface area contributed by atoms with Crippen molar-refractivity contribution in [3.8, 4) is 0 Å². The predicted octanol–water partition coefficient (Wildman–Crippen LogP) is 0.890. The zero-order valence-corrected chi connectivity index (χ0v) is 7.61. The van der Waals surface area contributed by atoms with E-state index in [4.69, 9.17) is 5.73 Å². The average molecular weight is 194 g/mol. The number of hydrogen-bond donors (Lipinski definition) is 1. The Hall–Kier alpha value is -1.42. The summed E-state index contributed by atoms with van der Waals surface area (Å²) in [7, 11) is 0. The Bertz CT molecular complexity index is 350. The molecular weight excluding hydrogens is 183 g/mol. The first-order valence-electron chi connectivity index (χ1n) is 4.51. The molecule has 1 aromatic carbocycles. The van der Waals surface area contributed by atoms with Crippen LogP contribution in [0.25, 0.3) is 0 Å². The van der Waals surface area contributed by atoms with Gasteiger partial charge in [0.15, 0.2) is 0 Å². The van der Waals surface area contributed by atoms with E-state index in [9.17, 15) is 9.18 Å². The van der Waals surface area contributed by atoms with Gasteiger partial charge in [-0.15, -0.1) is 0 Å². The summed E-state index contributed by atoms with van der Waals surface area (Å²) in [6, 6.07) is 5.45. The Morgan fingerprint density at radius 1 is 1.36 bits per heavy atom. The fourth-order valence-electron chi connectivity index (χ4n) is 1.58. The summed E-state index contributed by atoms with van der Waals surface area (Å²) >= 11 is 0. The average Bonchev–Trinajstić information content (AvgIpc) is 2.50. The Balaban J connectivity index is 2.24. The number of carbonyl (C=O) groups excluding carboxylic acids is 1. The van der Waals surface area contributed by atoms with Crippen molar-refractivity contribution < 1.29 is 9.18 Å². The maximum Gasteiger partial charge on any atom is 0.243 e. The second kappa shape index (κ2) is 3.38. The van der Waals surface area contributed by atoms with Crippen molar-refractivity contribution >= 4 is 11.6 Å².